The van der Waals surface area contributed by atoms with Crippen LogP contribution in [0.4, 0.5) is 19.1 Å². The molecule has 0 spiro atoms. The maximum atomic E-state index is 10.6. The summed E-state index contributed by atoms with van der Waals surface area (Å²) in [4.78, 5) is 23.7. The molecule has 3 aromatic rings. The molecule has 0 aliphatic carbocycles. The number of nitrogens with zero attached hydrogens (tertiary/aromatic N) is 5. The van der Waals surface area contributed by atoms with Crippen molar-refractivity contribution in [3.05, 3.63) is 39.2 Å². The molecule has 8 nitrogen and oxygen atoms in total. The minimum Gasteiger partial charge on any atom is -0.475 e. The monoisotopic (exact) mass is 456 g/mol. The zero-order valence-electron chi connectivity index (χ0n) is 17.7. The van der Waals surface area contributed by atoms with E-state index in [9.17, 15) is 13.2 Å². The smallest absolute Gasteiger partial charge is 0.475 e. The first-order valence-electron chi connectivity index (χ1n) is 9.20. The number of nitrogens with one attached hydrogen (secondary N) is 1. The van der Waals surface area contributed by atoms with Gasteiger partial charge in [0, 0.05) is 42.3 Å². The third kappa shape index (κ3) is 6.48. The summed E-state index contributed by atoms with van der Waals surface area (Å²) in [5.41, 5.74) is 5.18. The van der Waals surface area contributed by atoms with Gasteiger partial charge in [-0.1, -0.05) is 0 Å². The summed E-state index contributed by atoms with van der Waals surface area (Å²) >= 11 is 1.75. The van der Waals surface area contributed by atoms with Crippen LogP contribution in [-0.2, 0) is 18.3 Å². The third-order valence-electron chi connectivity index (χ3n) is 4.36. The number of aliphatic carboxylic acids is 1. The molecule has 2 N–H and O–H groups in total. The van der Waals surface area contributed by atoms with Crippen molar-refractivity contribution >= 4 is 23.3 Å². The van der Waals surface area contributed by atoms with E-state index < -0.39 is 12.1 Å². The number of carbonyl (C=O) groups is 1. The van der Waals surface area contributed by atoms with Crippen LogP contribution in [0.15, 0.2) is 12.3 Å². The standard InChI is InChI=1S/C17H22N6S.C2HF3O2/c1-10-13(4)24-15(20-10)7-9-19-17-18-8-6-14(21-17)16-11(2)22-23(5)12(16)3;3-2(4,5)1(6)7/h6,8H,7,9H2,1-5H3,(H,18,19,21);(H,6,7). The summed E-state index contributed by atoms with van der Waals surface area (Å²) in [6.07, 6.45) is -2.42. The summed E-state index contributed by atoms with van der Waals surface area (Å²) < 4.78 is 33.6. The largest absolute Gasteiger partial charge is 0.490 e. The second-order valence-electron chi connectivity index (χ2n) is 6.66. The molecule has 0 aromatic carbocycles. The fourth-order valence-corrected chi connectivity index (χ4v) is 3.59. The van der Waals surface area contributed by atoms with Crippen molar-refractivity contribution in [2.45, 2.75) is 40.3 Å². The van der Waals surface area contributed by atoms with Gasteiger partial charge in [0.05, 0.1) is 22.1 Å². The van der Waals surface area contributed by atoms with Crippen molar-refractivity contribution in [3.63, 3.8) is 0 Å². The van der Waals surface area contributed by atoms with Crippen LogP contribution in [0.3, 0.4) is 0 Å². The highest BCUT2D eigenvalue weighted by atomic mass is 32.1. The highest BCUT2D eigenvalue weighted by molar-refractivity contribution is 7.11. The Kier molecular flexibility index (Phi) is 7.71. The van der Waals surface area contributed by atoms with Gasteiger partial charge in [-0.2, -0.15) is 18.3 Å². The molecule has 0 aliphatic rings. The number of hydrogen-bond donors (Lipinski definition) is 2. The number of carboxylic acids is 1. The van der Waals surface area contributed by atoms with Gasteiger partial charge in [0.1, 0.15) is 0 Å². The highest BCUT2D eigenvalue weighted by Gasteiger charge is 2.38. The Morgan fingerprint density at radius 3 is 2.32 bits per heavy atom. The van der Waals surface area contributed by atoms with Crippen LogP contribution >= 0.6 is 11.3 Å². The van der Waals surface area contributed by atoms with E-state index in [1.807, 2.05) is 31.6 Å². The minimum atomic E-state index is -5.08. The van der Waals surface area contributed by atoms with Crippen molar-refractivity contribution in [2.75, 3.05) is 11.9 Å². The average molecular weight is 456 g/mol. The van der Waals surface area contributed by atoms with Gasteiger partial charge < -0.3 is 10.4 Å². The Hall–Kier alpha value is -3.02. The first kappa shape index (κ1) is 24.3. The quantitative estimate of drug-likeness (QED) is 0.601. The number of halogens is 3. The van der Waals surface area contributed by atoms with Crippen molar-refractivity contribution in [2.24, 2.45) is 7.05 Å². The minimum absolute atomic E-state index is 0.639. The lowest BCUT2D eigenvalue weighted by molar-refractivity contribution is -0.192. The highest BCUT2D eigenvalue weighted by Crippen LogP contribution is 2.25. The summed E-state index contributed by atoms with van der Waals surface area (Å²) in [6.45, 7) is 8.98. The molecular weight excluding hydrogens is 433 g/mol. The van der Waals surface area contributed by atoms with Gasteiger partial charge in [0.2, 0.25) is 5.95 Å². The average Bonchev–Trinajstić information content (AvgIpc) is 3.12. The fraction of sp³-hybridized carbons (Fsp3) is 0.421. The molecule has 12 heteroatoms. The van der Waals surface area contributed by atoms with E-state index in [0.717, 1.165) is 46.3 Å². The molecule has 0 unspecified atom stereocenters. The van der Waals surface area contributed by atoms with Crippen LogP contribution in [-0.4, -0.2) is 48.5 Å². The topological polar surface area (TPSA) is 106 Å². The van der Waals surface area contributed by atoms with Crippen molar-refractivity contribution in [3.8, 4) is 11.3 Å². The lowest BCUT2D eigenvalue weighted by Gasteiger charge is -2.06. The van der Waals surface area contributed by atoms with Gasteiger partial charge in [-0.3, -0.25) is 4.68 Å². The molecule has 0 amide bonds. The first-order chi connectivity index (χ1) is 14.4. The number of hydrogen-bond acceptors (Lipinski definition) is 7. The molecule has 0 saturated carbocycles. The van der Waals surface area contributed by atoms with Crippen LogP contribution in [0, 0.1) is 27.7 Å². The van der Waals surface area contributed by atoms with Crippen LogP contribution in [0.1, 0.15) is 27.0 Å². The summed E-state index contributed by atoms with van der Waals surface area (Å²) in [6, 6.07) is 1.93. The second kappa shape index (κ2) is 9.86. The molecule has 0 aliphatic heterocycles. The number of anilines is 1. The van der Waals surface area contributed by atoms with Crippen molar-refractivity contribution in [1.29, 1.82) is 0 Å². The van der Waals surface area contributed by atoms with Gasteiger partial charge in [-0.15, -0.1) is 11.3 Å². The zero-order chi connectivity index (χ0) is 23.3. The van der Waals surface area contributed by atoms with E-state index >= 15 is 0 Å². The lowest BCUT2D eigenvalue weighted by atomic mass is 10.1. The first-order valence-corrected chi connectivity index (χ1v) is 10.0. The maximum Gasteiger partial charge on any atom is 0.490 e. The summed E-state index contributed by atoms with van der Waals surface area (Å²) in [7, 11) is 1.95. The fourth-order valence-electron chi connectivity index (χ4n) is 2.65. The molecule has 31 heavy (non-hydrogen) atoms. The summed E-state index contributed by atoms with van der Waals surface area (Å²) in [5, 5.41) is 16.0. The van der Waals surface area contributed by atoms with Crippen LogP contribution in [0.2, 0.25) is 0 Å². The Morgan fingerprint density at radius 2 is 1.84 bits per heavy atom. The van der Waals surface area contributed by atoms with Crippen molar-refractivity contribution in [1.82, 2.24) is 24.7 Å². The lowest BCUT2D eigenvalue weighted by Crippen LogP contribution is -2.21. The van der Waals surface area contributed by atoms with E-state index in [-0.39, 0.29) is 0 Å². The number of aromatic nitrogens is 5. The van der Waals surface area contributed by atoms with Crippen LogP contribution in [0.25, 0.3) is 11.3 Å². The third-order valence-corrected chi connectivity index (χ3v) is 5.49. The normalized spacial score (nSPS) is 11.1. The number of alkyl halides is 3. The Morgan fingerprint density at radius 1 is 1.19 bits per heavy atom. The van der Waals surface area contributed by atoms with Gasteiger partial charge >= 0.3 is 12.1 Å². The number of carboxylic acid groups (broad SMARTS) is 1. The second-order valence-corrected chi connectivity index (χ2v) is 7.95. The number of thiazole rings is 1. The number of aryl methyl sites for hydroxylation is 4. The Balaban J connectivity index is 0.000000423. The van der Waals surface area contributed by atoms with E-state index in [1.54, 1.807) is 17.5 Å². The van der Waals surface area contributed by atoms with E-state index in [0.29, 0.717) is 5.95 Å². The van der Waals surface area contributed by atoms with Crippen molar-refractivity contribution < 1.29 is 23.1 Å². The molecule has 0 bridgehead atoms. The van der Waals surface area contributed by atoms with E-state index in [1.165, 1.54) is 4.88 Å². The molecule has 0 atom stereocenters. The molecule has 0 radical (unpaired) electrons. The van der Waals surface area contributed by atoms with Gasteiger partial charge in [0.25, 0.3) is 0 Å². The SMILES string of the molecule is Cc1nc(CCNc2nccc(-c3c(C)nn(C)c3C)n2)sc1C.O=C(O)C(F)(F)F. The predicted octanol–water partition coefficient (Wildman–Crippen LogP) is 3.86. The van der Waals surface area contributed by atoms with Crippen LogP contribution < -0.4 is 5.32 Å². The van der Waals surface area contributed by atoms with Gasteiger partial charge in [0.15, 0.2) is 0 Å². The predicted molar refractivity (Wildman–Crippen MR) is 111 cm³/mol. The summed E-state index contributed by atoms with van der Waals surface area (Å²) in [5.74, 6) is -2.12. The molecular formula is C19H23F3N6O2S. The zero-order valence-corrected chi connectivity index (χ0v) is 18.5. The molecule has 168 valence electrons. The Labute approximate surface area is 181 Å². The van der Waals surface area contributed by atoms with E-state index in [4.69, 9.17) is 9.90 Å². The van der Waals surface area contributed by atoms with Gasteiger partial charge in [-0.05, 0) is 33.8 Å². The maximum absolute atomic E-state index is 10.6. The molecule has 0 fully saturated rings. The Bertz CT molecular complexity index is 1040. The van der Waals surface area contributed by atoms with E-state index in [2.05, 4.69) is 39.2 Å². The molecule has 3 rings (SSSR count). The van der Waals surface area contributed by atoms with Gasteiger partial charge in [-0.25, -0.2) is 19.7 Å². The molecule has 0 saturated heterocycles. The number of rotatable bonds is 5. The van der Waals surface area contributed by atoms with Crippen LogP contribution in [0.5, 0.6) is 0 Å². The molecule has 3 aromatic heterocycles. The molecule has 3 heterocycles.